The lowest BCUT2D eigenvalue weighted by molar-refractivity contribution is -0.158. The highest BCUT2D eigenvalue weighted by Crippen LogP contribution is 2.40. The molecule has 0 N–H and O–H groups in total. The minimum absolute atomic E-state index is 0.140. The summed E-state index contributed by atoms with van der Waals surface area (Å²) in [5.41, 5.74) is 1.78. The number of likely N-dealkylation sites (tertiary alicyclic amines) is 1. The molecular weight excluding hydrogens is 444 g/mol. The number of cyclic esters (lactones) is 1. The zero-order chi connectivity index (χ0) is 23.2. The van der Waals surface area contributed by atoms with Crippen molar-refractivity contribution in [2.45, 2.75) is 25.0 Å². The van der Waals surface area contributed by atoms with Crippen LogP contribution >= 0.6 is 11.6 Å². The van der Waals surface area contributed by atoms with Gasteiger partial charge < -0.3 is 9.47 Å². The number of imide groups is 1. The number of amides is 3. The van der Waals surface area contributed by atoms with Crippen molar-refractivity contribution in [3.8, 4) is 0 Å². The summed E-state index contributed by atoms with van der Waals surface area (Å²) in [6.07, 6.45) is 2.67. The van der Waals surface area contributed by atoms with Gasteiger partial charge in [-0.15, -0.1) is 11.6 Å². The number of nitrogens with zero attached hydrogens (tertiary/aromatic N) is 2. The van der Waals surface area contributed by atoms with Gasteiger partial charge in [0, 0.05) is 5.88 Å². The summed E-state index contributed by atoms with van der Waals surface area (Å²) < 4.78 is 10.6. The van der Waals surface area contributed by atoms with E-state index in [2.05, 4.69) is 0 Å². The number of alkyl halides is 1. The van der Waals surface area contributed by atoms with Gasteiger partial charge >= 0.3 is 12.2 Å². The van der Waals surface area contributed by atoms with Crippen molar-refractivity contribution in [3.05, 3.63) is 77.9 Å². The maximum absolute atomic E-state index is 13.0. The molecule has 172 valence electrons. The molecule has 2 heterocycles. The highest BCUT2D eigenvalue weighted by molar-refractivity contribution is 6.17. The summed E-state index contributed by atoms with van der Waals surface area (Å²) in [4.78, 5) is 41.0. The van der Waals surface area contributed by atoms with Gasteiger partial charge in [0.1, 0.15) is 12.8 Å². The summed E-state index contributed by atoms with van der Waals surface area (Å²) in [5.74, 6) is -0.647. The molecular formula is C25H25ClN2O5. The standard InChI is InChI=1S/C25H25ClN2O5/c26-15-7-8-16-32-25(31)28-22(20(23(28)29)14-13-18-9-3-1-4-10-18)27-21(17-33-24(27)30)19-11-5-2-6-12-19/h1-6,9-14,20-22H,7-8,15-17H2/t20-,21-,22-/m1/s1. The van der Waals surface area contributed by atoms with Gasteiger partial charge in [-0.1, -0.05) is 72.8 Å². The maximum atomic E-state index is 13.0. The molecule has 2 aliphatic heterocycles. The van der Waals surface area contributed by atoms with Crippen LogP contribution in [0.4, 0.5) is 9.59 Å². The van der Waals surface area contributed by atoms with Crippen LogP contribution in [-0.4, -0.2) is 53.2 Å². The Morgan fingerprint density at radius 3 is 2.45 bits per heavy atom. The zero-order valence-corrected chi connectivity index (χ0v) is 18.8. The van der Waals surface area contributed by atoms with Crippen molar-refractivity contribution in [2.24, 2.45) is 5.92 Å². The van der Waals surface area contributed by atoms with Gasteiger partial charge in [-0.2, -0.15) is 0 Å². The van der Waals surface area contributed by atoms with E-state index in [4.69, 9.17) is 21.1 Å². The molecule has 0 saturated carbocycles. The van der Waals surface area contributed by atoms with Crippen LogP contribution in [0, 0.1) is 5.92 Å². The fourth-order valence-electron chi connectivity index (χ4n) is 4.04. The summed E-state index contributed by atoms with van der Waals surface area (Å²) >= 11 is 5.67. The lowest BCUT2D eigenvalue weighted by Crippen LogP contribution is -2.69. The molecule has 4 rings (SSSR count). The molecule has 33 heavy (non-hydrogen) atoms. The number of unbranched alkanes of at least 4 members (excludes halogenated alkanes) is 1. The van der Waals surface area contributed by atoms with Gasteiger partial charge in [0.15, 0.2) is 0 Å². The highest BCUT2D eigenvalue weighted by Gasteiger charge is 2.58. The number of rotatable bonds is 8. The van der Waals surface area contributed by atoms with Crippen LogP contribution < -0.4 is 0 Å². The fourth-order valence-corrected chi connectivity index (χ4v) is 4.22. The van der Waals surface area contributed by atoms with E-state index >= 15 is 0 Å². The molecule has 0 aromatic heterocycles. The van der Waals surface area contributed by atoms with Crippen LogP contribution in [0.3, 0.4) is 0 Å². The number of benzene rings is 2. The summed E-state index contributed by atoms with van der Waals surface area (Å²) in [7, 11) is 0. The average molecular weight is 469 g/mol. The van der Waals surface area contributed by atoms with Crippen LogP contribution in [0.15, 0.2) is 66.7 Å². The number of hydrogen-bond donors (Lipinski definition) is 0. The predicted molar refractivity (Wildman–Crippen MR) is 123 cm³/mol. The Bertz CT molecular complexity index is 1010. The summed E-state index contributed by atoms with van der Waals surface area (Å²) in [5, 5.41) is 0. The van der Waals surface area contributed by atoms with Crippen molar-refractivity contribution < 1.29 is 23.9 Å². The van der Waals surface area contributed by atoms with Gasteiger partial charge in [0.25, 0.3) is 0 Å². The SMILES string of the molecule is O=C(OCCCCCl)N1C(=O)[C@H](C=Cc2ccccc2)[C@@H]1N1C(=O)OC[C@@H]1c1ccccc1. The third-order valence-corrected chi connectivity index (χ3v) is 6.00. The number of β-lactam (4-membered cyclic amide) rings is 1. The molecule has 2 aromatic rings. The fraction of sp³-hybridized carbons (Fsp3) is 0.320. The Hall–Kier alpha value is -3.32. The lowest BCUT2D eigenvalue weighted by atomic mass is 9.90. The molecule has 3 atom stereocenters. The topological polar surface area (TPSA) is 76.2 Å². The van der Waals surface area contributed by atoms with E-state index in [1.165, 1.54) is 4.90 Å². The average Bonchev–Trinajstić information content (AvgIpc) is 3.22. The van der Waals surface area contributed by atoms with Crippen LogP contribution in [0.25, 0.3) is 6.08 Å². The molecule has 0 spiro atoms. The number of halogens is 1. The van der Waals surface area contributed by atoms with Crippen molar-refractivity contribution in [1.29, 1.82) is 0 Å². The van der Waals surface area contributed by atoms with E-state index in [1.807, 2.05) is 66.7 Å². The van der Waals surface area contributed by atoms with E-state index in [9.17, 15) is 14.4 Å². The van der Waals surface area contributed by atoms with E-state index in [1.54, 1.807) is 6.08 Å². The monoisotopic (exact) mass is 468 g/mol. The smallest absolute Gasteiger partial charge is 0.418 e. The first-order valence-corrected chi connectivity index (χ1v) is 11.4. The van der Waals surface area contributed by atoms with Gasteiger partial charge in [-0.3, -0.25) is 9.69 Å². The molecule has 8 heteroatoms. The van der Waals surface area contributed by atoms with Crippen LogP contribution in [-0.2, 0) is 14.3 Å². The van der Waals surface area contributed by atoms with Gasteiger partial charge in [-0.25, -0.2) is 14.5 Å². The Morgan fingerprint density at radius 2 is 1.76 bits per heavy atom. The van der Waals surface area contributed by atoms with E-state index in [-0.39, 0.29) is 13.2 Å². The summed E-state index contributed by atoms with van der Waals surface area (Å²) in [6.45, 7) is 0.292. The minimum atomic E-state index is -0.835. The minimum Gasteiger partial charge on any atom is -0.449 e. The Balaban J connectivity index is 1.60. The summed E-state index contributed by atoms with van der Waals surface area (Å²) in [6, 6.07) is 18.5. The molecule has 0 radical (unpaired) electrons. The first kappa shape index (κ1) is 22.9. The molecule has 2 aliphatic rings. The third kappa shape index (κ3) is 4.88. The molecule has 2 aromatic carbocycles. The van der Waals surface area contributed by atoms with Crippen LogP contribution in [0.1, 0.15) is 30.0 Å². The largest absolute Gasteiger partial charge is 0.449 e. The van der Waals surface area contributed by atoms with Gasteiger partial charge in [-0.05, 0) is 24.0 Å². The maximum Gasteiger partial charge on any atom is 0.418 e. The van der Waals surface area contributed by atoms with E-state index in [0.717, 1.165) is 16.0 Å². The van der Waals surface area contributed by atoms with Crippen molar-refractivity contribution in [3.63, 3.8) is 0 Å². The Morgan fingerprint density at radius 1 is 1.06 bits per heavy atom. The van der Waals surface area contributed by atoms with E-state index < -0.39 is 36.2 Å². The lowest BCUT2D eigenvalue weighted by Gasteiger charge is -2.48. The first-order chi connectivity index (χ1) is 16.1. The van der Waals surface area contributed by atoms with Crippen molar-refractivity contribution in [2.75, 3.05) is 19.1 Å². The Kier molecular flexibility index (Phi) is 7.29. The quantitative estimate of drug-likeness (QED) is 0.315. The predicted octanol–water partition coefficient (Wildman–Crippen LogP) is 4.83. The van der Waals surface area contributed by atoms with Gasteiger partial charge in [0.2, 0.25) is 5.91 Å². The third-order valence-electron chi connectivity index (χ3n) is 5.73. The number of carbonyl (C=O) groups excluding carboxylic acids is 3. The van der Waals surface area contributed by atoms with Crippen molar-refractivity contribution >= 4 is 35.8 Å². The second-order valence-corrected chi connectivity index (χ2v) is 8.22. The molecule has 0 bridgehead atoms. The second-order valence-electron chi connectivity index (χ2n) is 7.84. The molecule has 2 fully saturated rings. The zero-order valence-electron chi connectivity index (χ0n) is 18.0. The normalized spacial score (nSPS) is 22.4. The first-order valence-electron chi connectivity index (χ1n) is 10.9. The number of ether oxygens (including phenoxy) is 2. The molecule has 2 saturated heterocycles. The van der Waals surface area contributed by atoms with Crippen molar-refractivity contribution in [1.82, 2.24) is 9.80 Å². The Labute approximate surface area is 197 Å². The molecule has 0 unspecified atom stereocenters. The van der Waals surface area contributed by atoms with Crippen LogP contribution in [0.5, 0.6) is 0 Å². The van der Waals surface area contributed by atoms with Crippen LogP contribution in [0.2, 0.25) is 0 Å². The van der Waals surface area contributed by atoms with E-state index in [0.29, 0.717) is 18.7 Å². The molecule has 3 amide bonds. The molecule has 0 aliphatic carbocycles. The highest BCUT2D eigenvalue weighted by atomic mass is 35.5. The number of carbonyl (C=O) groups is 3. The van der Waals surface area contributed by atoms with Gasteiger partial charge in [0.05, 0.1) is 18.6 Å². The molecule has 7 nitrogen and oxygen atoms in total. The second kappa shape index (κ2) is 10.5. The number of hydrogen-bond acceptors (Lipinski definition) is 5.